The van der Waals surface area contributed by atoms with Crippen LogP contribution in [0.5, 0.6) is 0 Å². The minimum Gasteiger partial charge on any atom is -0.372 e. The molecule has 2 aliphatic rings. The number of nitrogens with zero attached hydrogens (tertiary/aromatic N) is 2. The van der Waals surface area contributed by atoms with Crippen LogP contribution in [0, 0.1) is 0 Å². The highest BCUT2D eigenvalue weighted by atomic mass is 16.5. The summed E-state index contributed by atoms with van der Waals surface area (Å²) in [5.74, 6) is 0.743. The lowest BCUT2D eigenvalue weighted by atomic mass is 9.91. The minimum absolute atomic E-state index is 0.0108. The van der Waals surface area contributed by atoms with Crippen LogP contribution in [0.25, 0.3) is 5.57 Å². The van der Waals surface area contributed by atoms with Crippen LogP contribution in [0.1, 0.15) is 30.6 Å². The predicted octanol–water partition coefficient (Wildman–Crippen LogP) is 4.12. The van der Waals surface area contributed by atoms with Crippen LogP contribution in [0.4, 0.5) is 5.69 Å². The molecule has 2 aromatic carbocycles. The Balaban J connectivity index is 1.98. The first kappa shape index (κ1) is 15.8. The lowest BCUT2D eigenvalue weighted by Gasteiger charge is -2.27. The van der Waals surface area contributed by atoms with Gasteiger partial charge in [0, 0.05) is 24.8 Å². The molecule has 1 unspecified atom stereocenters. The van der Waals surface area contributed by atoms with Gasteiger partial charge >= 0.3 is 0 Å². The van der Waals surface area contributed by atoms with Crippen LogP contribution < -0.4 is 0 Å². The zero-order chi connectivity index (χ0) is 17.4. The van der Waals surface area contributed by atoms with Crippen molar-refractivity contribution < 1.29 is 9.53 Å². The summed E-state index contributed by atoms with van der Waals surface area (Å²) in [6.07, 6.45) is 0.587. The van der Waals surface area contributed by atoms with Crippen molar-refractivity contribution in [3.63, 3.8) is 0 Å². The Morgan fingerprint density at radius 3 is 2.52 bits per heavy atom. The van der Waals surface area contributed by atoms with Crippen LogP contribution in [-0.2, 0) is 9.53 Å². The first-order chi connectivity index (χ1) is 12.3. The van der Waals surface area contributed by atoms with Crippen molar-refractivity contribution in [2.45, 2.75) is 19.4 Å². The van der Waals surface area contributed by atoms with Gasteiger partial charge in [0.05, 0.1) is 11.3 Å². The molecular weight excluding hydrogens is 312 g/mol. The van der Waals surface area contributed by atoms with Crippen LogP contribution >= 0.6 is 0 Å². The van der Waals surface area contributed by atoms with E-state index in [1.54, 1.807) is 12.0 Å². The van der Waals surface area contributed by atoms with Gasteiger partial charge < -0.3 is 4.74 Å². The summed E-state index contributed by atoms with van der Waals surface area (Å²) in [6.45, 7) is 2.72. The highest BCUT2D eigenvalue weighted by molar-refractivity contribution is 6.38. The fourth-order valence-electron chi connectivity index (χ4n) is 3.61. The van der Waals surface area contributed by atoms with E-state index in [0.717, 1.165) is 34.6 Å². The van der Waals surface area contributed by atoms with Crippen LogP contribution in [0.2, 0.25) is 0 Å². The Morgan fingerprint density at radius 2 is 1.80 bits per heavy atom. The Morgan fingerprint density at radius 1 is 1.08 bits per heavy atom. The number of ether oxygens (including phenoxy) is 1. The van der Waals surface area contributed by atoms with Gasteiger partial charge in [-0.05, 0) is 18.1 Å². The zero-order valence-corrected chi connectivity index (χ0v) is 14.4. The van der Waals surface area contributed by atoms with Gasteiger partial charge in [0.1, 0.15) is 11.9 Å². The van der Waals surface area contributed by atoms with E-state index >= 15 is 0 Å². The Bertz CT molecular complexity index is 884. The molecule has 0 saturated carbocycles. The standard InChI is InChI=1S/C21H20N2O2/c1-3-13-23-20-18(17(21(23)24)14-9-5-4-6-10-14)19(25-2)15-11-7-8-12-16(15)22-20/h4-12,19H,3,13H2,1-2H3. The zero-order valence-electron chi connectivity index (χ0n) is 14.4. The molecule has 0 radical (unpaired) electrons. The third-order valence-corrected chi connectivity index (χ3v) is 4.68. The van der Waals surface area contributed by atoms with Gasteiger partial charge in [-0.2, -0.15) is 0 Å². The van der Waals surface area contributed by atoms with Gasteiger partial charge in [-0.25, -0.2) is 4.99 Å². The van der Waals surface area contributed by atoms with Gasteiger partial charge in [-0.3, -0.25) is 9.69 Å². The molecular formula is C21H20N2O2. The van der Waals surface area contributed by atoms with Crippen molar-refractivity contribution in [1.82, 2.24) is 4.90 Å². The van der Waals surface area contributed by atoms with E-state index in [-0.39, 0.29) is 12.0 Å². The van der Waals surface area contributed by atoms with E-state index in [1.807, 2.05) is 54.6 Å². The molecule has 0 aromatic heterocycles. The smallest absolute Gasteiger partial charge is 0.260 e. The largest absolute Gasteiger partial charge is 0.372 e. The van der Waals surface area contributed by atoms with Crippen molar-refractivity contribution in [2.75, 3.05) is 13.7 Å². The lowest BCUT2D eigenvalue weighted by Crippen LogP contribution is -2.34. The van der Waals surface area contributed by atoms with Crippen molar-refractivity contribution >= 4 is 23.0 Å². The summed E-state index contributed by atoms with van der Waals surface area (Å²) in [5, 5.41) is 0. The molecule has 0 N–H and O–H groups in total. The van der Waals surface area contributed by atoms with E-state index in [9.17, 15) is 4.79 Å². The SMILES string of the molecule is CCCN1C(=O)C(c2ccccc2)=C2C1=Nc1ccccc1C2OC. The lowest BCUT2D eigenvalue weighted by molar-refractivity contribution is -0.121. The molecule has 1 atom stereocenters. The van der Waals surface area contributed by atoms with Crippen LogP contribution in [0.3, 0.4) is 0 Å². The molecule has 0 saturated heterocycles. The number of benzene rings is 2. The Kier molecular flexibility index (Phi) is 3.98. The molecule has 126 valence electrons. The second-order valence-electron chi connectivity index (χ2n) is 6.22. The fourth-order valence-corrected chi connectivity index (χ4v) is 3.61. The maximum atomic E-state index is 13.2. The van der Waals surface area contributed by atoms with Gasteiger partial charge in [0.25, 0.3) is 5.91 Å². The third-order valence-electron chi connectivity index (χ3n) is 4.68. The molecule has 4 heteroatoms. The molecule has 1 amide bonds. The van der Waals surface area contributed by atoms with E-state index in [0.29, 0.717) is 12.1 Å². The highest BCUT2D eigenvalue weighted by Crippen LogP contribution is 2.45. The van der Waals surface area contributed by atoms with Gasteiger partial charge in [-0.15, -0.1) is 0 Å². The summed E-state index contributed by atoms with van der Waals surface area (Å²) in [7, 11) is 1.69. The van der Waals surface area contributed by atoms with Crippen LogP contribution in [0.15, 0.2) is 65.2 Å². The first-order valence-electron chi connectivity index (χ1n) is 8.58. The van der Waals surface area contributed by atoms with Crippen molar-refractivity contribution in [3.8, 4) is 0 Å². The highest BCUT2D eigenvalue weighted by Gasteiger charge is 2.43. The molecule has 0 spiro atoms. The molecule has 4 rings (SSSR count). The topological polar surface area (TPSA) is 41.9 Å². The van der Waals surface area contributed by atoms with Crippen molar-refractivity contribution in [1.29, 1.82) is 0 Å². The molecule has 4 nitrogen and oxygen atoms in total. The quantitative estimate of drug-likeness (QED) is 0.845. The van der Waals surface area contributed by atoms with E-state index in [2.05, 4.69) is 6.92 Å². The predicted molar refractivity (Wildman–Crippen MR) is 98.7 cm³/mol. The molecule has 2 heterocycles. The maximum absolute atomic E-state index is 13.2. The van der Waals surface area contributed by atoms with E-state index in [4.69, 9.17) is 9.73 Å². The minimum atomic E-state index is -0.287. The first-order valence-corrected chi connectivity index (χ1v) is 8.58. The number of hydrogen-bond donors (Lipinski definition) is 0. The number of amides is 1. The number of amidine groups is 1. The molecule has 0 aliphatic carbocycles. The average molecular weight is 332 g/mol. The summed E-state index contributed by atoms with van der Waals surface area (Å²) in [4.78, 5) is 19.8. The monoisotopic (exact) mass is 332 g/mol. The fraction of sp³-hybridized carbons (Fsp3) is 0.238. The molecule has 2 aliphatic heterocycles. The third kappa shape index (κ3) is 2.41. The van der Waals surface area contributed by atoms with Crippen LogP contribution in [-0.4, -0.2) is 30.3 Å². The Labute approximate surface area is 147 Å². The molecule has 25 heavy (non-hydrogen) atoms. The number of hydrogen-bond acceptors (Lipinski definition) is 3. The number of rotatable bonds is 4. The number of carbonyl (C=O) groups is 1. The molecule has 2 aromatic rings. The normalized spacial score (nSPS) is 19.0. The number of para-hydroxylation sites is 1. The molecule has 0 fully saturated rings. The van der Waals surface area contributed by atoms with Gasteiger partial charge in [0.2, 0.25) is 0 Å². The Hall–Kier alpha value is -2.72. The maximum Gasteiger partial charge on any atom is 0.260 e. The number of fused-ring (bicyclic) bond motifs is 2. The summed E-state index contributed by atoms with van der Waals surface area (Å²) >= 11 is 0. The number of methoxy groups -OCH3 is 1. The van der Waals surface area contributed by atoms with E-state index < -0.39 is 0 Å². The van der Waals surface area contributed by atoms with Crippen molar-refractivity contribution in [3.05, 3.63) is 71.3 Å². The number of aliphatic imine (C=N–C) groups is 1. The second-order valence-corrected chi connectivity index (χ2v) is 6.22. The number of carbonyl (C=O) groups excluding carboxylic acids is 1. The summed E-state index contributed by atoms with van der Waals surface area (Å²) < 4.78 is 5.84. The van der Waals surface area contributed by atoms with Gasteiger partial charge in [0.15, 0.2) is 0 Å². The second kappa shape index (κ2) is 6.30. The average Bonchev–Trinajstić information content (AvgIpc) is 2.92. The van der Waals surface area contributed by atoms with Gasteiger partial charge in [-0.1, -0.05) is 55.5 Å². The summed E-state index contributed by atoms with van der Waals surface area (Å²) in [6, 6.07) is 17.7. The molecule has 0 bridgehead atoms. The van der Waals surface area contributed by atoms with E-state index in [1.165, 1.54) is 0 Å². The van der Waals surface area contributed by atoms with Crippen molar-refractivity contribution in [2.24, 2.45) is 4.99 Å². The summed E-state index contributed by atoms with van der Waals surface area (Å²) in [5.41, 5.74) is 4.37.